The van der Waals surface area contributed by atoms with E-state index < -0.39 is 0 Å². The van der Waals surface area contributed by atoms with Crippen molar-refractivity contribution in [2.45, 2.75) is 69.7 Å². The molecule has 1 saturated carbocycles. The molecule has 132 valence electrons. The predicted molar refractivity (Wildman–Crippen MR) is 106 cm³/mol. The molecule has 1 unspecified atom stereocenters. The SMILES string of the molecule is CCCC1CNCc2ccccc21.c1ccc2c(c1)C1CCC2CC1. The van der Waals surface area contributed by atoms with Gasteiger partial charge < -0.3 is 5.32 Å². The van der Waals surface area contributed by atoms with Crippen LogP contribution >= 0.6 is 0 Å². The fraction of sp³-hybridized carbons (Fsp3) is 0.500. The lowest BCUT2D eigenvalue weighted by Crippen LogP contribution is -2.27. The van der Waals surface area contributed by atoms with Gasteiger partial charge in [-0.2, -0.15) is 0 Å². The summed E-state index contributed by atoms with van der Waals surface area (Å²) in [5.41, 5.74) is 6.40. The first-order chi connectivity index (χ1) is 12.4. The first-order valence-corrected chi connectivity index (χ1v) is 10.2. The van der Waals surface area contributed by atoms with Gasteiger partial charge in [0.1, 0.15) is 0 Å². The van der Waals surface area contributed by atoms with Crippen molar-refractivity contribution in [2.24, 2.45) is 0 Å². The Morgan fingerprint density at radius 2 is 1.36 bits per heavy atom. The average molecular weight is 334 g/mol. The summed E-state index contributed by atoms with van der Waals surface area (Å²) in [6.07, 6.45) is 8.37. The van der Waals surface area contributed by atoms with Gasteiger partial charge in [0, 0.05) is 13.1 Å². The molecule has 1 nitrogen and oxygen atoms in total. The molecule has 0 aromatic heterocycles. The molecule has 0 amide bonds. The van der Waals surface area contributed by atoms with E-state index in [1.807, 2.05) is 0 Å². The minimum Gasteiger partial charge on any atom is -0.312 e. The van der Waals surface area contributed by atoms with Crippen molar-refractivity contribution < 1.29 is 0 Å². The van der Waals surface area contributed by atoms with Crippen LogP contribution in [0, 0.1) is 0 Å². The van der Waals surface area contributed by atoms with E-state index >= 15 is 0 Å². The van der Waals surface area contributed by atoms with Crippen molar-refractivity contribution in [2.75, 3.05) is 6.54 Å². The van der Waals surface area contributed by atoms with Crippen molar-refractivity contribution in [1.82, 2.24) is 5.32 Å². The second kappa shape index (κ2) is 7.74. The first-order valence-electron chi connectivity index (χ1n) is 10.2. The van der Waals surface area contributed by atoms with E-state index in [-0.39, 0.29) is 0 Å². The van der Waals surface area contributed by atoms with E-state index in [9.17, 15) is 0 Å². The van der Waals surface area contributed by atoms with Gasteiger partial charge in [0.15, 0.2) is 0 Å². The van der Waals surface area contributed by atoms with Crippen LogP contribution in [0.25, 0.3) is 0 Å². The Balaban J connectivity index is 0.000000126. The molecule has 0 saturated heterocycles. The van der Waals surface area contributed by atoms with Crippen molar-refractivity contribution in [3.63, 3.8) is 0 Å². The standard InChI is InChI=1S/C12H17N.C12H14/c1-2-5-10-8-13-9-11-6-3-4-7-12(10)11;1-2-4-12-10-7-5-9(6-8-10)11(12)3-1/h3-4,6-7,10,13H,2,5,8-9H2,1H3;1-4,9-10H,5-8H2. The summed E-state index contributed by atoms with van der Waals surface area (Å²) in [6.45, 7) is 4.47. The lowest BCUT2D eigenvalue weighted by Gasteiger charge is -2.38. The second-order valence-electron chi connectivity index (χ2n) is 7.99. The van der Waals surface area contributed by atoms with Gasteiger partial charge >= 0.3 is 0 Å². The minimum absolute atomic E-state index is 0.745. The van der Waals surface area contributed by atoms with E-state index in [0.717, 1.165) is 30.8 Å². The molecule has 1 heterocycles. The maximum atomic E-state index is 3.48. The van der Waals surface area contributed by atoms with E-state index in [2.05, 4.69) is 60.8 Å². The van der Waals surface area contributed by atoms with E-state index in [0.29, 0.717) is 0 Å². The van der Waals surface area contributed by atoms with Crippen LogP contribution in [0.4, 0.5) is 0 Å². The van der Waals surface area contributed by atoms with E-state index in [1.54, 1.807) is 16.7 Å². The predicted octanol–water partition coefficient (Wildman–Crippen LogP) is 6.11. The number of hydrogen-bond acceptors (Lipinski definition) is 1. The van der Waals surface area contributed by atoms with Crippen LogP contribution in [-0.4, -0.2) is 6.54 Å². The molecule has 0 spiro atoms. The molecule has 2 aromatic rings. The monoisotopic (exact) mass is 333 g/mol. The largest absolute Gasteiger partial charge is 0.312 e. The number of nitrogens with one attached hydrogen (secondary N) is 1. The summed E-state index contributed by atoms with van der Waals surface area (Å²) >= 11 is 0. The normalized spacial score (nSPS) is 26.2. The fourth-order valence-electron chi connectivity index (χ4n) is 5.16. The maximum absolute atomic E-state index is 3.48. The van der Waals surface area contributed by atoms with Crippen LogP contribution in [0.1, 0.15) is 85.5 Å². The molecule has 1 N–H and O–H groups in total. The van der Waals surface area contributed by atoms with E-state index in [4.69, 9.17) is 0 Å². The van der Waals surface area contributed by atoms with Gasteiger partial charge in [0.25, 0.3) is 0 Å². The Labute approximate surface area is 152 Å². The smallest absolute Gasteiger partial charge is 0.0208 e. The van der Waals surface area contributed by atoms with Crippen LogP contribution in [0.15, 0.2) is 48.5 Å². The molecule has 6 rings (SSSR count). The fourth-order valence-corrected chi connectivity index (χ4v) is 5.16. The first kappa shape index (κ1) is 16.8. The second-order valence-corrected chi connectivity index (χ2v) is 7.99. The topological polar surface area (TPSA) is 12.0 Å². The minimum atomic E-state index is 0.745. The van der Waals surface area contributed by atoms with Crippen LogP contribution in [0.5, 0.6) is 0 Å². The summed E-state index contributed by atoms with van der Waals surface area (Å²) in [7, 11) is 0. The van der Waals surface area contributed by atoms with Crippen molar-refractivity contribution in [3.8, 4) is 0 Å². The summed E-state index contributed by atoms with van der Waals surface area (Å²) in [5, 5.41) is 3.48. The summed E-state index contributed by atoms with van der Waals surface area (Å²) < 4.78 is 0. The van der Waals surface area contributed by atoms with Crippen LogP contribution in [-0.2, 0) is 6.54 Å². The molecule has 1 heteroatoms. The summed E-state index contributed by atoms with van der Waals surface area (Å²) in [6, 6.07) is 17.9. The quantitative estimate of drug-likeness (QED) is 0.698. The van der Waals surface area contributed by atoms with Crippen LogP contribution in [0.3, 0.4) is 0 Å². The summed E-state index contributed by atoms with van der Waals surface area (Å²) in [4.78, 5) is 0. The summed E-state index contributed by atoms with van der Waals surface area (Å²) in [5.74, 6) is 2.56. The van der Waals surface area contributed by atoms with Gasteiger partial charge in [-0.1, -0.05) is 61.9 Å². The molecule has 4 aliphatic rings. The highest BCUT2D eigenvalue weighted by atomic mass is 14.9. The Kier molecular flexibility index (Phi) is 5.22. The van der Waals surface area contributed by atoms with Crippen molar-refractivity contribution in [3.05, 3.63) is 70.8 Å². The molecule has 2 bridgehead atoms. The highest BCUT2D eigenvalue weighted by Gasteiger charge is 2.31. The van der Waals surface area contributed by atoms with Gasteiger partial charge in [-0.3, -0.25) is 0 Å². The molecule has 2 aromatic carbocycles. The number of benzene rings is 2. The number of rotatable bonds is 2. The maximum Gasteiger partial charge on any atom is 0.0208 e. The lowest BCUT2D eigenvalue weighted by atomic mass is 9.67. The number of hydrogen-bond donors (Lipinski definition) is 1. The third-order valence-corrected chi connectivity index (χ3v) is 6.44. The van der Waals surface area contributed by atoms with Gasteiger partial charge in [-0.05, 0) is 72.1 Å². The molecule has 1 fully saturated rings. The third-order valence-electron chi connectivity index (χ3n) is 6.44. The molecule has 25 heavy (non-hydrogen) atoms. The molecule has 0 radical (unpaired) electrons. The van der Waals surface area contributed by atoms with Gasteiger partial charge in [0.05, 0.1) is 0 Å². The number of fused-ring (bicyclic) bond motifs is 3. The molecule has 1 atom stereocenters. The van der Waals surface area contributed by atoms with Crippen molar-refractivity contribution in [1.29, 1.82) is 0 Å². The van der Waals surface area contributed by atoms with Crippen LogP contribution < -0.4 is 5.32 Å². The average Bonchev–Trinajstić information content (AvgIpc) is 2.70. The van der Waals surface area contributed by atoms with E-state index in [1.165, 1.54) is 44.1 Å². The lowest BCUT2D eigenvalue weighted by molar-refractivity contribution is 0.359. The van der Waals surface area contributed by atoms with Gasteiger partial charge in [0.2, 0.25) is 0 Å². The molecule has 3 aliphatic carbocycles. The Morgan fingerprint density at radius 3 is 1.96 bits per heavy atom. The molecular weight excluding hydrogens is 302 g/mol. The third kappa shape index (κ3) is 3.53. The Hall–Kier alpha value is -1.60. The highest BCUT2D eigenvalue weighted by Crippen LogP contribution is 2.48. The van der Waals surface area contributed by atoms with Crippen molar-refractivity contribution >= 4 is 0 Å². The van der Waals surface area contributed by atoms with Crippen LogP contribution in [0.2, 0.25) is 0 Å². The Bertz CT molecular complexity index is 666. The Morgan fingerprint density at radius 1 is 0.800 bits per heavy atom. The van der Waals surface area contributed by atoms with Gasteiger partial charge in [-0.25, -0.2) is 0 Å². The molecular formula is C24H31N. The van der Waals surface area contributed by atoms with Gasteiger partial charge in [-0.15, -0.1) is 0 Å². The zero-order valence-corrected chi connectivity index (χ0v) is 15.5. The highest BCUT2D eigenvalue weighted by molar-refractivity contribution is 5.37. The molecule has 1 aliphatic heterocycles. The zero-order chi connectivity index (χ0) is 17.1. The zero-order valence-electron chi connectivity index (χ0n) is 15.5.